The fraction of sp³-hybridized carbons (Fsp3) is 0.250. The quantitative estimate of drug-likeness (QED) is 0.562. The molecule has 0 aliphatic carbocycles. The average Bonchev–Trinajstić information content (AvgIpc) is 2.64. The molecule has 6 heteroatoms. The van der Waals surface area contributed by atoms with E-state index >= 15 is 0 Å². The van der Waals surface area contributed by atoms with Crippen molar-refractivity contribution in [2.24, 2.45) is 0 Å². The highest BCUT2D eigenvalue weighted by atomic mass is 35.5. The molecule has 0 bridgehead atoms. The first-order valence-corrected chi connectivity index (χ1v) is 8.48. The molecule has 5 nitrogen and oxygen atoms in total. The van der Waals surface area contributed by atoms with Crippen LogP contribution >= 0.6 is 11.6 Å². The van der Waals surface area contributed by atoms with E-state index in [1.165, 1.54) is 25.9 Å². The Morgan fingerprint density at radius 1 is 1.15 bits per heavy atom. The third-order valence-corrected chi connectivity index (χ3v) is 3.85. The molecule has 0 spiro atoms. The number of aryl methyl sites for hydroxylation is 1. The molecule has 0 unspecified atom stereocenters. The third kappa shape index (κ3) is 5.70. The topological polar surface area (TPSA) is 56.8 Å². The van der Waals surface area contributed by atoms with Crippen LogP contribution in [0.15, 0.2) is 42.5 Å². The monoisotopic (exact) mass is 375 g/mol. The number of carbonyl (C=O) groups excluding carboxylic acids is 1. The number of ether oxygens (including phenoxy) is 3. The van der Waals surface area contributed by atoms with E-state index < -0.39 is 0 Å². The normalized spacial score (nSPS) is 10.6. The first-order chi connectivity index (χ1) is 12.5. The number of halogens is 1. The number of benzene rings is 2. The number of carbonyl (C=O) groups is 1. The number of nitrogens with one attached hydrogen (secondary N) is 1. The molecule has 2 aromatic carbocycles. The Morgan fingerprint density at radius 2 is 1.88 bits per heavy atom. The summed E-state index contributed by atoms with van der Waals surface area (Å²) in [4.78, 5) is 11.9. The van der Waals surface area contributed by atoms with Gasteiger partial charge in [-0.05, 0) is 42.8 Å². The van der Waals surface area contributed by atoms with Gasteiger partial charge >= 0.3 is 0 Å². The van der Waals surface area contributed by atoms with Gasteiger partial charge in [-0.1, -0.05) is 29.3 Å². The van der Waals surface area contributed by atoms with E-state index in [0.29, 0.717) is 29.7 Å². The van der Waals surface area contributed by atoms with Crippen LogP contribution in [0, 0.1) is 6.92 Å². The maximum absolute atomic E-state index is 11.9. The second-order valence-corrected chi connectivity index (χ2v) is 5.93. The molecule has 0 aliphatic heterocycles. The SMILES string of the molecule is COc1cc(/C=C/C(=O)NCCOc2ccc(C)cc2)cc(Cl)c1OC. The van der Waals surface area contributed by atoms with Crippen molar-refractivity contribution < 1.29 is 19.0 Å². The molecule has 1 N–H and O–H groups in total. The Hall–Kier alpha value is -2.66. The summed E-state index contributed by atoms with van der Waals surface area (Å²) < 4.78 is 16.0. The van der Waals surface area contributed by atoms with Crippen LogP contribution in [0.4, 0.5) is 0 Å². The minimum atomic E-state index is -0.219. The van der Waals surface area contributed by atoms with E-state index in [2.05, 4.69) is 5.32 Å². The van der Waals surface area contributed by atoms with Gasteiger partial charge in [-0.3, -0.25) is 4.79 Å². The molecule has 0 aromatic heterocycles. The van der Waals surface area contributed by atoms with Crippen molar-refractivity contribution in [3.8, 4) is 17.2 Å². The summed E-state index contributed by atoms with van der Waals surface area (Å²) >= 11 is 6.14. The lowest BCUT2D eigenvalue weighted by Gasteiger charge is -2.10. The molecule has 1 amide bonds. The van der Waals surface area contributed by atoms with Gasteiger partial charge in [0, 0.05) is 6.08 Å². The molecule has 0 atom stereocenters. The second kappa shape index (κ2) is 9.73. The van der Waals surface area contributed by atoms with Crippen molar-refractivity contribution in [2.75, 3.05) is 27.4 Å². The standard InChI is InChI=1S/C20H22ClNO4/c1-14-4-7-16(8-5-14)26-11-10-22-19(23)9-6-15-12-17(21)20(25-3)18(13-15)24-2/h4-9,12-13H,10-11H2,1-3H3,(H,22,23)/b9-6+. The number of rotatable bonds is 8. The Morgan fingerprint density at radius 3 is 2.54 bits per heavy atom. The van der Waals surface area contributed by atoms with Crippen molar-refractivity contribution >= 4 is 23.6 Å². The Bertz CT molecular complexity index is 772. The third-order valence-electron chi connectivity index (χ3n) is 3.57. The van der Waals surface area contributed by atoms with Gasteiger partial charge in [0.1, 0.15) is 12.4 Å². The first-order valence-electron chi connectivity index (χ1n) is 8.10. The molecule has 0 heterocycles. The number of hydrogen-bond donors (Lipinski definition) is 1. The van der Waals surface area contributed by atoms with Crippen LogP contribution in [0.5, 0.6) is 17.2 Å². The highest BCUT2D eigenvalue weighted by molar-refractivity contribution is 6.32. The van der Waals surface area contributed by atoms with E-state index in [9.17, 15) is 4.79 Å². The van der Waals surface area contributed by atoms with Gasteiger partial charge in [-0.15, -0.1) is 0 Å². The first kappa shape index (κ1) is 19.7. The number of amides is 1. The maximum atomic E-state index is 11.9. The zero-order chi connectivity index (χ0) is 18.9. The van der Waals surface area contributed by atoms with E-state index in [0.717, 1.165) is 11.3 Å². The van der Waals surface area contributed by atoms with Gasteiger partial charge in [-0.2, -0.15) is 0 Å². The second-order valence-electron chi connectivity index (χ2n) is 5.52. The van der Waals surface area contributed by atoms with Crippen molar-refractivity contribution in [3.63, 3.8) is 0 Å². The van der Waals surface area contributed by atoms with Gasteiger partial charge in [-0.25, -0.2) is 0 Å². The summed E-state index contributed by atoms with van der Waals surface area (Å²) in [5.41, 5.74) is 1.91. The van der Waals surface area contributed by atoms with Gasteiger partial charge in [0.05, 0.1) is 25.8 Å². The van der Waals surface area contributed by atoms with Crippen molar-refractivity contribution in [1.29, 1.82) is 0 Å². The van der Waals surface area contributed by atoms with E-state index in [1.54, 1.807) is 18.2 Å². The van der Waals surface area contributed by atoms with Crippen LogP contribution in [0.2, 0.25) is 5.02 Å². The Labute approximate surface area is 158 Å². The van der Waals surface area contributed by atoms with Crippen LogP contribution in [-0.2, 0) is 4.79 Å². The summed E-state index contributed by atoms with van der Waals surface area (Å²) in [5, 5.41) is 3.18. The molecule has 0 fully saturated rings. The summed E-state index contributed by atoms with van der Waals surface area (Å²) in [6.45, 7) is 2.82. The maximum Gasteiger partial charge on any atom is 0.244 e. The van der Waals surface area contributed by atoms with Crippen LogP contribution in [0.25, 0.3) is 6.08 Å². The fourth-order valence-electron chi connectivity index (χ4n) is 2.24. The molecule has 26 heavy (non-hydrogen) atoms. The molecule has 138 valence electrons. The fourth-order valence-corrected chi connectivity index (χ4v) is 2.54. The lowest BCUT2D eigenvalue weighted by molar-refractivity contribution is -0.116. The largest absolute Gasteiger partial charge is 0.493 e. The highest BCUT2D eigenvalue weighted by Crippen LogP contribution is 2.36. The van der Waals surface area contributed by atoms with Crippen LogP contribution < -0.4 is 19.5 Å². The van der Waals surface area contributed by atoms with Gasteiger partial charge in [0.2, 0.25) is 5.91 Å². The molecule has 0 saturated heterocycles. The molecular formula is C20H22ClNO4. The predicted octanol–water partition coefficient (Wildman–Crippen LogP) is 3.87. The minimum Gasteiger partial charge on any atom is -0.493 e. The lowest BCUT2D eigenvalue weighted by atomic mass is 10.2. The van der Waals surface area contributed by atoms with Crippen molar-refractivity contribution in [3.05, 3.63) is 58.6 Å². The zero-order valence-electron chi connectivity index (χ0n) is 15.0. The van der Waals surface area contributed by atoms with Crippen LogP contribution in [0.1, 0.15) is 11.1 Å². The Kier molecular flexibility index (Phi) is 7.36. The van der Waals surface area contributed by atoms with E-state index in [-0.39, 0.29) is 5.91 Å². The predicted molar refractivity (Wildman–Crippen MR) is 103 cm³/mol. The summed E-state index contributed by atoms with van der Waals surface area (Å²) in [7, 11) is 3.05. The smallest absolute Gasteiger partial charge is 0.244 e. The van der Waals surface area contributed by atoms with E-state index in [4.69, 9.17) is 25.8 Å². The Balaban J connectivity index is 1.83. The minimum absolute atomic E-state index is 0.219. The summed E-state index contributed by atoms with van der Waals surface area (Å²) in [6, 6.07) is 11.2. The summed E-state index contributed by atoms with van der Waals surface area (Å²) in [6.07, 6.45) is 3.09. The molecule has 0 saturated carbocycles. The molecular weight excluding hydrogens is 354 g/mol. The van der Waals surface area contributed by atoms with Gasteiger partial charge < -0.3 is 19.5 Å². The molecule has 0 radical (unpaired) electrons. The molecule has 0 aliphatic rings. The lowest BCUT2D eigenvalue weighted by Crippen LogP contribution is -2.26. The molecule has 2 rings (SSSR count). The van der Waals surface area contributed by atoms with Crippen LogP contribution in [-0.4, -0.2) is 33.3 Å². The average molecular weight is 376 g/mol. The number of methoxy groups -OCH3 is 2. The highest BCUT2D eigenvalue weighted by Gasteiger charge is 2.09. The van der Waals surface area contributed by atoms with Crippen LogP contribution in [0.3, 0.4) is 0 Å². The van der Waals surface area contributed by atoms with Gasteiger partial charge in [0.15, 0.2) is 11.5 Å². The van der Waals surface area contributed by atoms with Crippen molar-refractivity contribution in [1.82, 2.24) is 5.32 Å². The van der Waals surface area contributed by atoms with Gasteiger partial charge in [0.25, 0.3) is 0 Å². The molecule has 2 aromatic rings. The zero-order valence-corrected chi connectivity index (χ0v) is 15.8. The van der Waals surface area contributed by atoms with Crippen molar-refractivity contribution in [2.45, 2.75) is 6.92 Å². The van der Waals surface area contributed by atoms with E-state index in [1.807, 2.05) is 31.2 Å². The summed E-state index contributed by atoms with van der Waals surface area (Å²) in [5.74, 6) is 1.53. The number of hydrogen-bond acceptors (Lipinski definition) is 4.